The summed E-state index contributed by atoms with van der Waals surface area (Å²) in [6.45, 7) is 3.48. The summed E-state index contributed by atoms with van der Waals surface area (Å²) in [5.41, 5.74) is 2.67. The van der Waals surface area contributed by atoms with Gasteiger partial charge in [0.1, 0.15) is 11.6 Å². The van der Waals surface area contributed by atoms with Gasteiger partial charge >= 0.3 is 5.97 Å². The van der Waals surface area contributed by atoms with Crippen LogP contribution < -0.4 is 0 Å². The van der Waals surface area contributed by atoms with Crippen LogP contribution in [0.3, 0.4) is 0 Å². The van der Waals surface area contributed by atoms with Crippen LogP contribution in [0, 0.1) is 11.6 Å². The van der Waals surface area contributed by atoms with Crippen molar-refractivity contribution in [3.8, 4) is 0 Å². The van der Waals surface area contributed by atoms with Crippen LogP contribution in [0.5, 0.6) is 0 Å². The van der Waals surface area contributed by atoms with E-state index in [0.717, 1.165) is 37.3 Å². The topological polar surface area (TPSA) is 56.7 Å². The number of piperazine rings is 1. The lowest BCUT2D eigenvalue weighted by Gasteiger charge is -2.40. The molecule has 0 unspecified atom stereocenters. The molecule has 5 nitrogen and oxygen atoms in total. The molecule has 0 saturated carbocycles. The average molecular weight is 423 g/mol. The van der Waals surface area contributed by atoms with E-state index < -0.39 is 5.97 Å². The molecule has 2 aromatic carbocycles. The normalized spacial score (nSPS) is 15.3. The Balaban J connectivity index is 1.51. The maximum absolute atomic E-state index is 13.5. The molecule has 3 aromatic rings. The highest BCUT2D eigenvalue weighted by Crippen LogP contribution is 2.30. The van der Waals surface area contributed by atoms with Crippen LogP contribution in [0.2, 0.25) is 0 Å². The maximum Gasteiger partial charge on any atom is 0.354 e. The summed E-state index contributed by atoms with van der Waals surface area (Å²) in [6.07, 6.45) is 1.49. The number of aromatic nitrogens is 1. The summed E-state index contributed by atoms with van der Waals surface area (Å²) in [6, 6.07) is 16.3. The number of carboxylic acid groups (broad SMARTS) is 1. The minimum atomic E-state index is -1.03. The first kappa shape index (κ1) is 21.1. The summed E-state index contributed by atoms with van der Waals surface area (Å²) < 4.78 is 27.0. The molecule has 160 valence electrons. The van der Waals surface area contributed by atoms with Gasteiger partial charge in [-0.3, -0.25) is 9.80 Å². The molecule has 0 aliphatic carbocycles. The Hall–Kier alpha value is -3.16. The molecule has 7 heteroatoms. The van der Waals surface area contributed by atoms with E-state index in [1.54, 1.807) is 36.4 Å². The van der Waals surface area contributed by atoms with Gasteiger partial charge in [-0.15, -0.1) is 0 Å². The molecular formula is C24H23F2N3O2. The zero-order valence-electron chi connectivity index (χ0n) is 16.9. The Labute approximate surface area is 179 Å². The maximum atomic E-state index is 13.5. The molecule has 31 heavy (non-hydrogen) atoms. The van der Waals surface area contributed by atoms with Gasteiger partial charge in [-0.2, -0.15) is 0 Å². The van der Waals surface area contributed by atoms with Crippen LogP contribution in [0.25, 0.3) is 0 Å². The van der Waals surface area contributed by atoms with Crippen molar-refractivity contribution < 1.29 is 18.7 Å². The molecule has 1 aliphatic rings. The van der Waals surface area contributed by atoms with E-state index in [4.69, 9.17) is 0 Å². The Morgan fingerprint density at radius 2 is 1.45 bits per heavy atom. The molecule has 1 saturated heterocycles. The van der Waals surface area contributed by atoms with Gasteiger partial charge in [-0.05, 0) is 47.0 Å². The van der Waals surface area contributed by atoms with Crippen LogP contribution in [0.4, 0.5) is 8.78 Å². The van der Waals surface area contributed by atoms with Crippen molar-refractivity contribution in [3.05, 3.63) is 101 Å². The van der Waals surface area contributed by atoms with Crippen LogP contribution in [0.15, 0.2) is 66.9 Å². The molecule has 0 amide bonds. The first-order valence-electron chi connectivity index (χ1n) is 10.2. The lowest BCUT2D eigenvalue weighted by molar-refractivity contribution is 0.0684. The number of aromatic carboxylic acids is 1. The standard InChI is InChI=1S/C24H23F2N3O2/c25-20-7-3-17(4-8-20)23(18-5-9-21(26)10-6-18)29-14-12-28(13-15-29)16-19-2-1-11-27-22(19)24(30)31/h1-11,23H,12-16H2,(H,30,31). The Bertz CT molecular complexity index is 988. The number of hydrogen-bond donors (Lipinski definition) is 1. The first-order valence-corrected chi connectivity index (χ1v) is 10.2. The van der Waals surface area contributed by atoms with E-state index in [1.165, 1.54) is 30.5 Å². The van der Waals surface area contributed by atoms with Crippen molar-refractivity contribution in [1.29, 1.82) is 0 Å². The first-order chi connectivity index (χ1) is 15.0. The van der Waals surface area contributed by atoms with Crippen molar-refractivity contribution in [2.45, 2.75) is 12.6 Å². The van der Waals surface area contributed by atoms with Gasteiger partial charge < -0.3 is 5.11 Å². The van der Waals surface area contributed by atoms with Gasteiger partial charge in [-0.1, -0.05) is 30.3 Å². The zero-order chi connectivity index (χ0) is 21.8. The van der Waals surface area contributed by atoms with E-state index in [9.17, 15) is 18.7 Å². The smallest absolute Gasteiger partial charge is 0.354 e. The third kappa shape index (κ3) is 4.95. The molecular weight excluding hydrogens is 400 g/mol. The Morgan fingerprint density at radius 1 is 0.903 bits per heavy atom. The zero-order valence-corrected chi connectivity index (χ0v) is 16.9. The number of halogens is 2. The third-order valence-electron chi connectivity index (χ3n) is 5.63. The van der Waals surface area contributed by atoms with Crippen molar-refractivity contribution in [1.82, 2.24) is 14.8 Å². The number of benzene rings is 2. The van der Waals surface area contributed by atoms with E-state index in [2.05, 4.69) is 14.8 Å². The van der Waals surface area contributed by atoms with E-state index in [-0.39, 0.29) is 23.4 Å². The molecule has 1 aromatic heterocycles. The summed E-state index contributed by atoms with van der Waals surface area (Å²) in [7, 11) is 0. The largest absolute Gasteiger partial charge is 0.477 e. The number of nitrogens with zero attached hydrogens (tertiary/aromatic N) is 3. The second-order valence-corrected chi connectivity index (χ2v) is 7.63. The highest BCUT2D eigenvalue weighted by atomic mass is 19.1. The van der Waals surface area contributed by atoms with Crippen molar-refractivity contribution in [2.75, 3.05) is 26.2 Å². The summed E-state index contributed by atoms with van der Waals surface area (Å²) in [4.78, 5) is 19.9. The van der Waals surface area contributed by atoms with E-state index >= 15 is 0 Å². The van der Waals surface area contributed by atoms with Crippen molar-refractivity contribution in [3.63, 3.8) is 0 Å². The minimum Gasteiger partial charge on any atom is -0.477 e. The third-order valence-corrected chi connectivity index (χ3v) is 5.63. The van der Waals surface area contributed by atoms with Gasteiger partial charge in [0, 0.05) is 38.9 Å². The van der Waals surface area contributed by atoms with Crippen LogP contribution in [0.1, 0.15) is 33.2 Å². The molecule has 0 spiro atoms. The second kappa shape index (κ2) is 9.32. The fourth-order valence-electron chi connectivity index (χ4n) is 4.08. The SMILES string of the molecule is O=C(O)c1ncccc1CN1CCN(C(c2ccc(F)cc2)c2ccc(F)cc2)CC1. The van der Waals surface area contributed by atoms with E-state index in [0.29, 0.717) is 12.1 Å². The quantitative estimate of drug-likeness (QED) is 0.650. The lowest BCUT2D eigenvalue weighted by atomic mass is 9.96. The van der Waals surface area contributed by atoms with E-state index in [1.807, 2.05) is 0 Å². The van der Waals surface area contributed by atoms with Gasteiger partial charge in [0.05, 0.1) is 6.04 Å². The summed E-state index contributed by atoms with van der Waals surface area (Å²) >= 11 is 0. The highest BCUT2D eigenvalue weighted by Gasteiger charge is 2.27. The molecule has 0 atom stereocenters. The highest BCUT2D eigenvalue weighted by molar-refractivity contribution is 5.86. The molecule has 0 radical (unpaired) electrons. The monoisotopic (exact) mass is 423 g/mol. The van der Waals surface area contributed by atoms with Gasteiger partial charge in [0.2, 0.25) is 0 Å². The average Bonchev–Trinajstić information content (AvgIpc) is 2.78. The second-order valence-electron chi connectivity index (χ2n) is 7.63. The fraction of sp³-hybridized carbons (Fsp3) is 0.250. The predicted octanol–water partition coefficient (Wildman–Crippen LogP) is 3.97. The Kier molecular flexibility index (Phi) is 6.34. The van der Waals surface area contributed by atoms with Gasteiger partial charge in [0.25, 0.3) is 0 Å². The molecule has 4 rings (SSSR count). The fourth-order valence-corrected chi connectivity index (χ4v) is 4.08. The molecule has 1 aliphatic heterocycles. The minimum absolute atomic E-state index is 0.0837. The molecule has 1 fully saturated rings. The summed E-state index contributed by atoms with van der Waals surface area (Å²) in [5, 5.41) is 9.36. The number of hydrogen-bond acceptors (Lipinski definition) is 4. The summed E-state index contributed by atoms with van der Waals surface area (Å²) in [5.74, 6) is -1.61. The van der Waals surface area contributed by atoms with Crippen LogP contribution >= 0.6 is 0 Å². The molecule has 1 N–H and O–H groups in total. The number of carboxylic acids is 1. The number of pyridine rings is 1. The van der Waals surface area contributed by atoms with Gasteiger partial charge in [0.15, 0.2) is 5.69 Å². The van der Waals surface area contributed by atoms with Crippen molar-refractivity contribution >= 4 is 5.97 Å². The van der Waals surface area contributed by atoms with Crippen LogP contribution in [-0.4, -0.2) is 52.0 Å². The van der Waals surface area contributed by atoms with Crippen LogP contribution in [-0.2, 0) is 6.54 Å². The van der Waals surface area contributed by atoms with Crippen molar-refractivity contribution in [2.24, 2.45) is 0 Å². The molecule has 0 bridgehead atoms. The Morgan fingerprint density at radius 3 is 1.97 bits per heavy atom. The predicted molar refractivity (Wildman–Crippen MR) is 113 cm³/mol. The number of carbonyl (C=O) groups is 1. The lowest BCUT2D eigenvalue weighted by Crippen LogP contribution is -2.47. The molecule has 2 heterocycles. The number of rotatable bonds is 6. The van der Waals surface area contributed by atoms with Gasteiger partial charge in [-0.25, -0.2) is 18.6 Å².